The van der Waals surface area contributed by atoms with Crippen molar-refractivity contribution in [1.82, 2.24) is 4.90 Å². The molecule has 1 aromatic carbocycles. The lowest BCUT2D eigenvalue weighted by atomic mass is 9.97. The number of aliphatic hydroxyl groups is 1. The lowest BCUT2D eigenvalue weighted by Gasteiger charge is -2.40. The molecule has 1 heterocycles. The number of carbonyl (C=O) groups is 2. The topological polar surface area (TPSA) is 76.1 Å². The van der Waals surface area contributed by atoms with Gasteiger partial charge in [0, 0.05) is 30.7 Å². The van der Waals surface area contributed by atoms with Crippen LogP contribution in [0.5, 0.6) is 5.75 Å². The van der Waals surface area contributed by atoms with Gasteiger partial charge in [-0.3, -0.25) is 9.59 Å². The van der Waals surface area contributed by atoms with Crippen LogP contribution in [-0.4, -0.2) is 60.5 Å². The van der Waals surface area contributed by atoms with E-state index in [0.29, 0.717) is 18.7 Å². The third-order valence-corrected chi connectivity index (χ3v) is 12.9. The highest BCUT2D eigenvalue weighted by Gasteiger charge is 2.40. The molecule has 0 radical (unpaired) electrons. The fraction of sp³-hybridized carbons (Fsp3) is 0.655. The summed E-state index contributed by atoms with van der Waals surface area (Å²) in [6, 6.07) is 6.96. The third-order valence-electron chi connectivity index (χ3n) is 7.41. The van der Waals surface area contributed by atoms with E-state index in [2.05, 4.69) is 52.6 Å². The smallest absolute Gasteiger partial charge is 0.282 e. The predicted octanol–water partition coefficient (Wildman–Crippen LogP) is 6.27. The standard InChI is InChI=1S/C29H45NO5SSi/c1-9-10-21(2)11-14-25(35-37(7,8)29(3,4)5)17-23(31)18-27(32)26-20-36-28(33)30(26)19-22-12-15-24(34-6)16-13-22/h12-13,15-16,21,23,25-26,31H,11,14,17-20H2,1-8H3/t21-,23?,25-,26-/m1/s1. The second kappa shape index (κ2) is 13.8. The Morgan fingerprint density at radius 2 is 1.89 bits per heavy atom. The molecule has 4 atom stereocenters. The van der Waals surface area contributed by atoms with Gasteiger partial charge in [-0.05, 0) is 62.0 Å². The zero-order valence-electron chi connectivity index (χ0n) is 23.8. The number of ether oxygens (including phenoxy) is 1. The quantitative estimate of drug-likeness (QED) is 0.232. The van der Waals surface area contributed by atoms with Crippen molar-refractivity contribution in [2.24, 2.45) is 5.92 Å². The van der Waals surface area contributed by atoms with E-state index in [1.807, 2.05) is 31.2 Å². The van der Waals surface area contributed by atoms with Gasteiger partial charge in [-0.2, -0.15) is 0 Å². The lowest BCUT2D eigenvalue weighted by molar-refractivity contribution is -0.124. The van der Waals surface area contributed by atoms with Crippen LogP contribution in [-0.2, 0) is 15.8 Å². The maximum Gasteiger partial charge on any atom is 0.282 e. The van der Waals surface area contributed by atoms with Crippen LogP contribution in [0.4, 0.5) is 4.79 Å². The summed E-state index contributed by atoms with van der Waals surface area (Å²) < 4.78 is 11.9. The van der Waals surface area contributed by atoms with Gasteiger partial charge in [-0.25, -0.2) is 0 Å². The summed E-state index contributed by atoms with van der Waals surface area (Å²) in [5, 5.41) is 10.9. The third kappa shape index (κ3) is 9.47. The summed E-state index contributed by atoms with van der Waals surface area (Å²) in [5.74, 6) is 7.48. The summed E-state index contributed by atoms with van der Waals surface area (Å²) in [7, 11) is -0.450. The maximum absolute atomic E-state index is 13.2. The molecule has 37 heavy (non-hydrogen) atoms. The fourth-order valence-electron chi connectivity index (χ4n) is 4.15. The molecule has 0 bridgehead atoms. The molecular formula is C29H45NO5SSi. The van der Waals surface area contributed by atoms with Gasteiger partial charge in [0.2, 0.25) is 0 Å². The number of ketones is 1. The first-order chi connectivity index (χ1) is 17.3. The predicted molar refractivity (Wildman–Crippen MR) is 154 cm³/mol. The minimum absolute atomic E-state index is 0.0132. The van der Waals surface area contributed by atoms with Gasteiger partial charge in [0.25, 0.3) is 5.24 Å². The SMILES string of the molecule is CC#C[C@@H](C)CC[C@H](CC(O)CC(=O)[C@H]1CSC(=O)N1Cc1ccc(OC)cc1)O[Si](C)(C)C(C)(C)C. The molecular weight excluding hydrogens is 502 g/mol. The Hall–Kier alpha value is -1.79. The van der Waals surface area contributed by atoms with E-state index in [0.717, 1.165) is 35.9 Å². The van der Waals surface area contributed by atoms with Crippen LogP contribution >= 0.6 is 11.8 Å². The molecule has 1 saturated heterocycles. The molecule has 0 aliphatic carbocycles. The monoisotopic (exact) mass is 547 g/mol. The lowest BCUT2D eigenvalue weighted by Crippen LogP contribution is -2.45. The van der Waals surface area contributed by atoms with E-state index in [1.54, 1.807) is 12.0 Å². The van der Waals surface area contributed by atoms with Crippen LogP contribution in [0.25, 0.3) is 0 Å². The highest BCUT2D eigenvalue weighted by molar-refractivity contribution is 8.13. The van der Waals surface area contributed by atoms with Crippen LogP contribution in [0, 0.1) is 17.8 Å². The highest BCUT2D eigenvalue weighted by atomic mass is 32.2. The number of aliphatic hydroxyl groups excluding tert-OH is 1. The Morgan fingerprint density at radius 1 is 1.24 bits per heavy atom. The Morgan fingerprint density at radius 3 is 2.46 bits per heavy atom. The first-order valence-corrected chi connectivity index (χ1v) is 17.0. The van der Waals surface area contributed by atoms with Crippen LogP contribution in [0.2, 0.25) is 18.1 Å². The molecule has 206 valence electrons. The highest BCUT2D eigenvalue weighted by Crippen LogP contribution is 2.38. The van der Waals surface area contributed by atoms with Crippen LogP contribution in [0.15, 0.2) is 24.3 Å². The Bertz CT molecular complexity index is 963. The van der Waals surface area contributed by atoms with Crippen molar-refractivity contribution >= 4 is 31.1 Å². The minimum atomic E-state index is -2.06. The summed E-state index contributed by atoms with van der Waals surface area (Å²) in [6.07, 6.45) is 1.12. The molecule has 8 heteroatoms. The molecule has 0 saturated carbocycles. The van der Waals surface area contributed by atoms with Crippen molar-refractivity contribution in [3.8, 4) is 17.6 Å². The van der Waals surface area contributed by atoms with Gasteiger partial charge >= 0.3 is 0 Å². The van der Waals surface area contributed by atoms with Crippen molar-refractivity contribution in [2.45, 2.75) is 103 Å². The van der Waals surface area contributed by atoms with Crippen molar-refractivity contribution in [1.29, 1.82) is 0 Å². The Kier molecular flexibility index (Phi) is 11.8. The van der Waals surface area contributed by atoms with Gasteiger partial charge in [0.1, 0.15) is 11.8 Å². The van der Waals surface area contributed by atoms with E-state index in [-0.39, 0.29) is 34.5 Å². The van der Waals surface area contributed by atoms with Crippen LogP contribution in [0.3, 0.4) is 0 Å². The number of rotatable bonds is 13. The van der Waals surface area contributed by atoms with Gasteiger partial charge in [0.15, 0.2) is 14.1 Å². The van der Waals surface area contributed by atoms with Gasteiger partial charge in [-0.1, -0.05) is 51.6 Å². The Balaban J connectivity index is 2.05. The number of carbonyl (C=O) groups excluding carboxylic acids is 2. The number of thioether (sulfide) groups is 1. The number of benzene rings is 1. The van der Waals surface area contributed by atoms with Crippen molar-refractivity contribution in [2.75, 3.05) is 12.9 Å². The fourth-order valence-corrected chi connectivity index (χ4v) is 6.57. The van der Waals surface area contributed by atoms with Gasteiger partial charge < -0.3 is 19.2 Å². The molecule has 0 aromatic heterocycles. The maximum atomic E-state index is 13.2. The molecule has 0 spiro atoms. The number of methoxy groups -OCH3 is 1. The van der Waals surface area contributed by atoms with E-state index >= 15 is 0 Å². The van der Waals surface area contributed by atoms with E-state index in [9.17, 15) is 14.7 Å². The molecule has 1 N–H and O–H groups in total. The summed E-state index contributed by atoms with van der Waals surface area (Å²) >= 11 is 1.16. The number of nitrogens with zero attached hydrogens (tertiary/aromatic N) is 1. The number of amides is 1. The zero-order valence-corrected chi connectivity index (χ0v) is 25.6. The average Bonchev–Trinajstić information content (AvgIpc) is 3.17. The van der Waals surface area contributed by atoms with E-state index in [4.69, 9.17) is 9.16 Å². The van der Waals surface area contributed by atoms with Gasteiger partial charge in [0.05, 0.1) is 13.2 Å². The van der Waals surface area contributed by atoms with Crippen molar-refractivity contribution in [3.63, 3.8) is 0 Å². The molecule has 1 amide bonds. The van der Waals surface area contributed by atoms with Crippen LogP contribution in [0.1, 0.15) is 65.9 Å². The zero-order chi connectivity index (χ0) is 27.8. The van der Waals surface area contributed by atoms with Crippen LogP contribution < -0.4 is 4.74 Å². The molecule has 6 nitrogen and oxygen atoms in total. The molecule has 1 aliphatic rings. The summed E-state index contributed by atoms with van der Waals surface area (Å²) in [4.78, 5) is 27.4. The van der Waals surface area contributed by atoms with E-state index < -0.39 is 20.5 Å². The van der Waals surface area contributed by atoms with Crippen molar-refractivity contribution < 1.29 is 23.9 Å². The molecule has 1 aliphatic heterocycles. The molecule has 1 aromatic rings. The Labute approximate surface area is 229 Å². The average molecular weight is 548 g/mol. The normalized spacial score (nSPS) is 18.7. The first-order valence-electron chi connectivity index (χ1n) is 13.1. The molecule has 1 fully saturated rings. The second-order valence-electron chi connectivity index (χ2n) is 11.5. The van der Waals surface area contributed by atoms with Gasteiger partial charge in [-0.15, -0.1) is 11.8 Å². The summed E-state index contributed by atoms with van der Waals surface area (Å²) in [6.45, 7) is 15.3. The number of hydrogen-bond donors (Lipinski definition) is 1. The number of Topliss-reactive ketones (excluding diaryl/α,β-unsaturated/α-hetero) is 1. The molecule has 1 unspecified atom stereocenters. The second-order valence-corrected chi connectivity index (χ2v) is 17.2. The van der Waals surface area contributed by atoms with E-state index in [1.165, 1.54) is 0 Å². The molecule has 2 rings (SSSR count). The minimum Gasteiger partial charge on any atom is -0.497 e. The largest absolute Gasteiger partial charge is 0.497 e. The number of hydrogen-bond acceptors (Lipinski definition) is 6. The first kappa shape index (κ1) is 31.4. The summed E-state index contributed by atoms with van der Waals surface area (Å²) in [5.41, 5.74) is 0.933. The van der Waals surface area contributed by atoms with Crippen molar-refractivity contribution in [3.05, 3.63) is 29.8 Å².